The largest absolute Gasteiger partial charge is 0.503 e. The van der Waals surface area contributed by atoms with Crippen molar-refractivity contribution in [2.45, 2.75) is 37.9 Å². The summed E-state index contributed by atoms with van der Waals surface area (Å²) in [5, 5.41) is 10.5. The van der Waals surface area contributed by atoms with Gasteiger partial charge in [-0.2, -0.15) is 0 Å². The molecule has 3 heterocycles. The van der Waals surface area contributed by atoms with Crippen LogP contribution in [0.5, 0.6) is 23.0 Å². The highest BCUT2D eigenvalue weighted by atomic mass is 79.9. The van der Waals surface area contributed by atoms with Crippen LogP contribution in [0.2, 0.25) is 0 Å². The van der Waals surface area contributed by atoms with Crippen LogP contribution in [0, 0.1) is 0 Å². The number of aromatic nitrogens is 5. The first-order valence-electron chi connectivity index (χ1n) is 15.4. The van der Waals surface area contributed by atoms with E-state index in [0.29, 0.717) is 38.1 Å². The average molecular weight is 811 g/mol. The van der Waals surface area contributed by atoms with Crippen LogP contribution in [-0.2, 0) is 36.1 Å². The van der Waals surface area contributed by atoms with E-state index < -0.39 is 34.7 Å². The molecule has 2 aliphatic carbocycles. The third-order valence-electron chi connectivity index (χ3n) is 9.50. The summed E-state index contributed by atoms with van der Waals surface area (Å²) in [5.41, 5.74) is 1.18. The fourth-order valence-corrected chi connectivity index (χ4v) is 8.01. The standard InChI is InChI=1S/C34H29Br2N5O9/c1-38-23-14-26(49-3)25(48-2)13-21(23)37-20(32(38)45)6-7-39-33(46)40-8-5-16-22(41(40)34(39)47)11-17-29(24(42)12-19(36)30(17)43)28(16)15-9-18(35)31(44)27(10-15)50-4/h5,9-10,12-14,22,28,44H,6-8,11H2,1-4H3. The average Bonchev–Trinajstić information content (AvgIpc) is 3.36. The zero-order valence-electron chi connectivity index (χ0n) is 27.2. The van der Waals surface area contributed by atoms with Crippen molar-refractivity contribution >= 4 is 54.5 Å². The molecule has 4 aromatic rings. The Labute approximate surface area is 299 Å². The SMILES string of the molecule is COc1cc2nc(CCn3c(=O)n4n(c3=O)C3CC5=C(C(=O)C=C(Br)C5=O)C(c5cc(Br)c(O)c(OC)c5)C3=CC4)c(=O)n(C)c2cc1OC. The summed E-state index contributed by atoms with van der Waals surface area (Å²) < 4.78 is 21.7. The molecule has 1 N–H and O–H groups in total. The molecule has 258 valence electrons. The number of rotatable bonds is 7. The number of benzene rings is 2. The monoisotopic (exact) mass is 809 g/mol. The van der Waals surface area contributed by atoms with Gasteiger partial charge in [0.2, 0.25) is 0 Å². The van der Waals surface area contributed by atoms with Gasteiger partial charge in [0.15, 0.2) is 34.6 Å². The van der Waals surface area contributed by atoms with Gasteiger partial charge in [-0.1, -0.05) is 6.08 Å². The molecule has 2 unspecified atom stereocenters. The fourth-order valence-electron chi connectivity index (χ4n) is 7.10. The lowest BCUT2D eigenvalue weighted by molar-refractivity contribution is -0.115. The van der Waals surface area contributed by atoms with Crippen LogP contribution in [0.25, 0.3) is 11.0 Å². The van der Waals surface area contributed by atoms with E-state index in [1.165, 1.54) is 41.3 Å². The second-order valence-corrected chi connectivity index (χ2v) is 13.7. The molecule has 2 aromatic heterocycles. The van der Waals surface area contributed by atoms with E-state index in [4.69, 9.17) is 14.2 Å². The molecule has 2 aromatic carbocycles. The first-order valence-corrected chi connectivity index (χ1v) is 17.0. The summed E-state index contributed by atoms with van der Waals surface area (Å²) >= 11 is 6.58. The van der Waals surface area contributed by atoms with E-state index >= 15 is 0 Å². The van der Waals surface area contributed by atoms with Gasteiger partial charge in [-0.15, -0.1) is 0 Å². The number of allylic oxidation sites excluding steroid dienone is 6. The van der Waals surface area contributed by atoms with Crippen LogP contribution in [0.4, 0.5) is 0 Å². The van der Waals surface area contributed by atoms with Crippen LogP contribution in [-0.4, -0.2) is 61.5 Å². The number of fused-ring (bicyclic) bond motifs is 4. The summed E-state index contributed by atoms with van der Waals surface area (Å²) in [5.74, 6) is -0.682. The van der Waals surface area contributed by atoms with Gasteiger partial charge in [0.1, 0.15) is 5.69 Å². The van der Waals surface area contributed by atoms with Crippen molar-refractivity contribution < 1.29 is 28.9 Å². The molecule has 0 saturated carbocycles. The van der Waals surface area contributed by atoms with Crippen LogP contribution >= 0.6 is 31.9 Å². The maximum Gasteiger partial charge on any atom is 0.347 e. The number of carbonyl (C=O) groups is 2. The highest BCUT2D eigenvalue weighted by molar-refractivity contribution is 9.12. The van der Waals surface area contributed by atoms with Crippen molar-refractivity contribution in [3.63, 3.8) is 0 Å². The molecule has 3 aliphatic rings. The Balaban J connectivity index is 1.31. The number of hydrogen-bond donors (Lipinski definition) is 1. The van der Waals surface area contributed by atoms with E-state index in [-0.39, 0.29) is 64.5 Å². The fraction of sp³-hybridized carbons (Fsp3) is 0.294. The number of phenols is 1. The van der Waals surface area contributed by atoms with Crippen LogP contribution in [0.3, 0.4) is 0 Å². The van der Waals surface area contributed by atoms with Gasteiger partial charge in [-0.3, -0.25) is 14.4 Å². The Hall–Kier alpha value is -4.96. The van der Waals surface area contributed by atoms with Crippen molar-refractivity contribution in [1.82, 2.24) is 23.5 Å². The number of aromatic hydroxyl groups is 1. The van der Waals surface area contributed by atoms with E-state index in [0.717, 1.165) is 4.57 Å². The van der Waals surface area contributed by atoms with E-state index in [1.54, 1.807) is 37.4 Å². The Morgan fingerprint density at radius 1 is 0.940 bits per heavy atom. The number of phenolic OH excluding ortho intramolecular Hbond substituents is 1. The molecule has 0 saturated heterocycles. The molecule has 1 aliphatic heterocycles. The van der Waals surface area contributed by atoms with Gasteiger partial charge in [0.25, 0.3) is 5.56 Å². The number of hydrogen-bond acceptors (Lipinski definition) is 10. The summed E-state index contributed by atoms with van der Waals surface area (Å²) in [6.07, 6.45) is 3.00. The van der Waals surface area contributed by atoms with Crippen LogP contribution in [0.15, 0.2) is 76.5 Å². The number of ketones is 2. The maximum atomic E-state index is 14.1. The molecule has 0 fully saturated rings. The lowest BCUT2D eigenvalue weighted by Crippen LogP contribution is -2.40. The van der Waals surface area contributed by atoms with Crippen LogP contribution < -0.4 is 31.1 Å². The molecule has 2 atom stereocenters. The maximum absolute atomic E-state index is 14.1. The zero-order valence-corrected chi connectivity index (χ0v) is 30.3. The molecule has 0 radical (unpaired) electrons. The Morgan fingerprint density at radius 3 is 2.34 bits per heavy atom. The molecular formula is C34H29Br2N5O9. The van der Waals surface area contributed by atoms with Crippen molar-refractivity contribution in [3.8, 4) is 23.0 Å². The predicted molar refractivity (Wildman–Crippen MR) is 188 cm³/mol. The molecule has 0 bridgehead atoms. The van der Waals surface area contributed by atoms with Crippen LogP contribution in [0.1, 0.15) is 29.6 Å². The highest BCUT2D eigenvalue weighted by Gasteiger charge is 2.45. The summed E-state index contributed by atoms with van der Waals surface area (Å²) in [6, 6.07) is 5.73. The topological polar surface area (TPSA) is 166 Å². The van der Waals surface area contributed by atoms with E-state index in [9.17, 15) is 29.1 Å². The van der Waals surface area contributed by atoms with Crippen molar-refractivity contribution in [2.75, 3.05) is 21.3 Å². The third kappa shape index (κ3) is 5.02. The number of carbonyl (C=O) groups excluding carboxylic acids is 2. The second kappa shape index (κ2) is 12.4. The Kier molecular flexibility index (Phi) is 8.33. The summed E-state index contributed by atoms with van der Waals surface area (Å²) in [6.45, 7) is -0.124. The van der Waals surface area contributed by atoms with Gasteiger partial charge in [-0.25, -0.2) is 28.5 Å². The second-order valence-electron chi connectivity index (χ2n) is 12.0. The van der Waals surface area contributed by atoms with Gasteiger partial charge in [0, 0.05) is 61.7 Å². The lowest BCUT2D eigenvalue weighted by Gasteiger charge is -2.39. The van der Waals surface area contributed by atoms with Gasteiger partial charge >= 0.3 is 11.4 Å². The first-order chi connectivity index (χ1) is 23.9. The molecule has 14 nitrogen and oxygen atoms in total. The highest BCUT2D eigenvalue weighted by Crippen LogP contribution is 2.51. The minimum absolute atomic E-state index is 0.0109. The van der Waals surface area contributed by atoms with Gasteiger partial charge in [-0.05, 0) is 55.1 Å². The quantitative estimate of drug-likeness (QED) is 0.217. The molecule has 50 heavy (non-hydrogen) atoms. The van der Waals surface area contributed by atoms with Gasteiger partial charge < -0.3 is 23.9 Å². The Bertz CT molecular complexity index is 2470. The van der Waals surface area contributed by atoms with E-state index in [2.05, 4.69) is 36.8 Å². The molecule has 7 rings (SSSR count). The van der Waals surface area contributed by atoms with E-state index in [1.807, 2.05) is 0 Å². The molecule has 0 spiro atoms. The summed E-state index contributed by atoms with van der Waals surface area (Å²) in [4.78, 5) is 72.8. The smallest absolute Gasteiger partial charge is 0.347 e. The van der Waals surface area contributed by atoms with Gasteiger partial charge in [0.05, 0.1) is 53.9 Å². The minimum Gasteiger partial charge on any atom is -0.503 e. The molecule has 0 amide bonds. The van der Waals surface area contributed by atoms with Crippen molar-refractivity contribution in [1.29, 1.82) is 0 Å². The number of aryl methyl sites for hydroxylation is 2. The molecule has 16 heteroatoms. The summed E-state index contributed by atoms with van der Waals surface area (Å²) in [7, 11) is 5.98. The normalized spacial score (nSPS) is 18.4. The van der Waals surface area contributed by atoms with Crippen molar-refractivity contribution in [3.05, 3.63) is 105 Å². The number of methoxy groups -OCH3 is 3. The number of halogens is 2. The molecular weight excluding hydrogens is 782 g/mol. The predicted octanol–water partition coefficient (Wildman–Crippen LogP) is 3.19. The lowest BCUT2D eigenvalue weighted by atomic mass is 9.69. The van der Waals surface area contributed by atoms with Crippen molar-refractivity contribution in [2.24, 2.45) is 7.05 Å². The number of nitrogens with zero attached hydrogens (tertiary/aromatic N) is 5. The third-order valence-corrected chi connectivity index (χ3v) is 10.7. The Morgan fingerprint density at radius 2 is 1.64 bits per heavy atom. The number of Topliss-reactive ketones (excluding diaryl/α,β-unsaturated/α-hetero) is 1. The zero-order chi connectivity index (χ0) is 35.8. The first kappa shape index (κ1) is 33.5. The minimum atomic E-state index is -0.795. The number of ether oxygens (including phenoxy) is 3.